The lowest BCUT2D eigenvalue weighted by molar-refractivity contribution is 0.501. The Hall–Kier alpha value is -1.29. The van der Waals surface area contributed by atoms with Crippen LogP contribution in [0.5, 0.6) is 0 Å². The zero-order chi connectivity index (χ0) is 12.0. The molecule has 0 radical (unpaired) electrons. The predicted molar refractivity (Wildman–Crippen MR) is 64.5 cm³/mol. The Bertz CT molecular complexity index is 551. The minimum absolute atomic E-state index is 0.154. The SMILES string of the molecule is CC(C)(C)NC1=CS(=O)(=O)c2ccccc21. The van der Waals surface area contributed by atoms with Crippen molar-refractivity contribution in [2.45, 2.75) is 31.2 Å². The van der Waals surface area contributed by atoms with E-state index < -0.39 is 9.84 Å². The average Bonchev–Trinajstić information content (AvgIpc) is 2.37. The molecule has 0 saturated carbocycles. The molecule has 0 atom stereocenters. The van der Waals surface area contributed by atoms with E-state index in [1.165, 1.54) is 5.41 Å². The molecule has 4 heteroatoms. The van der Waals surface area contributed by atoms with Gasteiger partial charge in [0.05, 0.1) is 16.0 Å². The van der Waals surface area contributed by atoms with Crippen molar-refractivity contribution in [1.29, 1.82) is 0 Å². The summed E-state index contributed by atoms with van der Waals surface area (Å²) in [4.78, 5) is 0.391. The molecule has 0 spiro atoms. The van der Waals surface area contributed by atoms with Crippen molar-refractivity contribution in [2.24, 2.45) is 0 Å². The molecule has 1 heterocycles. The van der Waals surface area contributed by atoms with E-state index in [9.17, 15) is 8.42 Å². The molecule has 0 bridgehead atoms. The van der Waals surface area contributed by atoms with Crippen LogP contribution in [0.15, 0.2) is 34.6 Å². The third-order valence-corrected chi connectivity index (χ3v) is 3.78. The third-order valence-electron chi connectivity index (χ3n) is 2.27. The van der Waals surface area contributed by atoms with Gasteiger partial charge in [-0.05, 0) is 26.8 Å². The van der Waals surface area contributed by atoms with E-state index in [1.807, 2.05) is 32.9 Å². The van der Waals surface area contributed by atoms with Crippen LogP contribution in [0.3, 0.4) is 0 Å². The van der Waals surface area contributed by atoms with E-state index >= 15 is 0 Å². The fraction of sp³-hybridized carbons (Fsp3) is 0.333. The highest BCUT2D eigenvalue weighted by Crippen LogP contribution is 2.32. The Kier molecular flexibility index (Phi) is 2.35. The number of fused-ring (bicyclic) bond motifs is 1. The number of benzene rings is 1. The Balaban J connectivity index is 2.52. The molecular weight excluding hydrogens is 222 g/mol. The molecule has 0 saturated heterocycles. The van der Waals surface area contributed by atoms with E-state index in [2.05, 4.69) is 5.32 Å². The smallest absolute Gasteiger partial charge is 0.202 e. The van der Waals surface area contributed by atoms with E-state index in [4.69, 9.17) is 0 Å². The maximum absolute atomic E-state index is 11.8. The van der Waals surface area contributed by atoms with Gasteiger partial charge >= 0.3 is 0 Å². The Morgan fingerprint density at radius 1 is 1.12 bits per heavy atom. The molecule has 16 heavy (non-hydrogen) atoms. The van der Waals surface area contributed by atoms with E-state index in [-0.39, 0.29) is 5.54 Å². The zero-order valence-electron chi connectivity index (χ0n) is 9.61. The first-order valence-corrected chi connectivity index (χ1v) is 6.69. The minimum Gasteiger partial charge on any atom is -0.379 e. The summed E-state index contributed by atoms with van der Waals surface area (Å²) in [5.74, 6) is 0. The molecule has 0 fully saturated rings. The summed E-state index contributed by atoms with van der Waals surface area (Å²) < 4.78 is 23.7. The van der Waals surface area contributed by atoms with Crippen LogP contribution in [0, 0.1) is 0 Å². The van der Waals surface area contributed by atoms with Gasteiger partial charge in [0.25, 0.3) is 0 Å². The van der Waals surface area contributed by atoms with Crippen LogP contribution in [0.4, 0.5) is 0 Å². The summed E-state index contributed by atoms with van der Waals surface area (Å²) >= 11 is 0. The Morgan fingerprint density at radius 2 is 1.75 bits per heavy atom. The highest BCUT2D eigenvalue weighted by molar-refractivity contribution is 7.95. The standard InChI is InChI=1S/C12H15NO2S/c1-12(2,3)13-10-8-16(14,15)11-7-5-4-6-9(10)11/h4-8,13H,1-3H3. The molecule has 1 aromatic carbocycles. The van der Waals surface area contributed by atoms with Crippen LogP contribution in [0.1, 0.15) is 26.3 Å². The highest BCUT2D eigenvalue weighted by atomic mass is 32.2. The summed E-state index contributed by atoms with van der Waals surface area (Å²) in [7, 11) is -3.25. The lowest BCUT2D eigenvalue weighted by atomic mass is 10.1. The molecular formula is C12H15NO2S. The van der Waals surface area contributed by atoms with Crippen molar-refractivity contribution in [1.82, 2.24) is 5.32 Å². The van der Waals surface area contributed by atoms with E-state index in [1.54, 1.807) is 12.1 Å². The molecule has 1 N–H and O–H groups in total. The molecule has 0 aliphatic carbocycles. The largest absolute Gasteiger partial charge is 0.379 e. The highest BCUT2D eigenvalue weighted by Gasteiger charge is 2.28. The lowest BCUT2D eigenvalue weighted by Gasteiger charge is -2.23. The number of rotatable bonds is 1. The van der Waals surface area contributed by atoms with Crippen LogP contribution >= 0.6 is 0 Å². The average molecular weight is 237 g/mol. The maximum Gasteiger partial charge on any atom is 0.202 e. The lowest BCUT2D eigenvalue weighted by Crippen LogP contribution is -2.33. The van der Waals surface area contributed by atoms with Crippen molar-refractivity contribution in [3.05, 3.63) is 35.2 Å². The second-order valence-corrected chi connectivity index (χ2v) is 6.71. The van der Waals surface area contributed by atoms with Gasteiger partial charge in [-0.15, -0.1) is 0 Å². The summed E-state index contributed by atoms with van der Waals surface area (Å²) in [6.07, 6.45) is 0. The maximum atomic E-state index is 11.8. The van der Waals surface area contributed by atoms with Crippen LogP contribution in [0.25, 0.3) is 5.70 Å². The summed E-state index contributed by atoms with van der Waals surface area (Å²) in [6.45, 7) is 6.00. The van der Waals surface area contributed by atoms with Crippen LogP contribution in [-0.2, 0) is 9.84 Å². The normalized spacial score (nSPS) is 17.8. The quantitative estimate of drug-likeness (QED) is 0.814. The topological polar surface area (TPSA) is 46.2 Å². The molecule has 1 aliphatic rings. The summed E-state index contributed by atoms with van der Waals surface area (Å²) in [5.41, 5.74) is 1.29. The number of nitrogens with one attached hydrogen (secondary N) is 1. The molecule has 0 amide bonds. The first kappa shape index (κ1) is 11.2. The van der Waals surface area contributed by atoms with Gasteiger partial charge in [0.1, 0.15) is 0 Å². The van der Waals surface area contributed by atoms with Gasteiger partial charge in [0.15, 0.2) is 0 Å². The second-order valence-electron chi connectivity index (χ2n) is 4.95. The van der Waals surface area contributed by atoms with Crippen molar-refractivity contribution in [3.63, 3.8) is 0 Å². The first-order chi connectivity index (χ1) is 7.30. The fourth-order valence-electron chi connectivity index (χ4n) is 1.72. The van der Waals surface area contributed by atoms with Gasteiger partial charge in [-0.25, -0.2) is 8.42 Å². The third kappa shape index (κ3) is 1.97. The number of hydrogen-bond acceptors (Lipinski definition) is 3. The van der Waals surface area contributed by atoms with E-state index in [0.29, 0.717) is 10.6 Å². The molecule has 86 valence electrons. The molecule has 2 rings (SSSR count). The number of sulfone groups is 1. The van der Waals surface area contributed by atoms with Crippen LogP contribution < -0.4 is 5.32 Å². The van der Waals surface area contributed by atoms with Crippen molar-refractivity contribution in [2.75, 3.05) is 0 Å². The zero-order valence-corrected chi connectivity index (χ0v) is 10.4. The van der Waals surface area contributed by atoms with Gasteiger partial charge in [-0.2, -0.15) is 0 Å². The second kappa shape index (κ2) is 3.35. The predicted octanol–water partition coefficient (Wildman–Crippen LogP) is 2.16. The monoisotopic (exact) mass is 237 g/mol. The van der Waals surface area contributed by atoms with Gasteiger partial charge in [0, 0.05) is 11.1 Å². The van der Waals surface area contributed by atoms with Gasteiger partial charge in [-0.3, -0.25) is 0 Å². The fourth-order valence-corrected chi connectivity index (χ4v) is 3.10. The number of hydrogen-bond donors (Lipinski definition) is 1. The first-order valence-electron chi connectivity index (χ1n) is 5.14. The Labute approximate surface area is 96.1 Å². The molecule has 0 aromatic heterocycles. The van der Waals surface area contributed by atoms with Crippen molar-refractivity contribution in [3.8, 4) is 0 Å². The Morgan fingerprint density at radius 3 is 2.38 bits per heavy atom. The molecule has 3 nitrogen and oxygen atoms in total. The summed E-state index contributed by atoms with van der Waals surface area (Å²) in [5, 5.41) is 4.52. The van der Waals surface area contributed by atoms with Gasteiger partial charge in [0.2, 0.25) is 9.84 Å². The minimum atomic E-state index is -3.25. The van der Waals surface area contributed by atoms with Crippen molar-refractivity contribution < 1.29 is 8.42 Å². The molecule has 0 unspecified atom stereocenters. The van der Waals surface area contributed by atoms with Gasteiger partial charge in [-0.1, -0.05) is 18.2 Å². The molecule has 1 aliphatic heterocycles. The van der Waals surface area contributed by atoms with Crippen LogP contribution in [0.2, 0.25) is 0 Å². The van der Waals surface area contributed by atoms with E-state index in [0.717, 1.165) is 5.56 Å². The summed E-state index contributed by atoms with van der Waals surface area (Å²) in [6, 6.07) is 7.05. The molecule has 1 aromatic rings. The van der Waals surface area contributed by atoms with Crippen molar-refractivity contribution >= 4 is 15.5 Å². The van der Waals surface area contributed by atoms with Crippen LogP contribution in [-0.4, -0.2) is 14.0 Å². The van der Waals surface area contributed by atoms with Gasteiger partial charge < -0.3 is 5.32 Å².